The van der Waals surface area contributed by atoms with Crippen LogP contribution in [0.3, 0.4) is 0 Å². The van der Waals surface area contributed by atoms with Gasteiger partial charge >= 0.3 is 0 Å². The lowest BCUT2D eigenvalue weighted by molar-refractivity contribution is 0.0231. The molecule has 0 aromatic rings. The van der Waals surface area contributed by atoms with Crippen molar-refractivity contribution in [3.8, 4) is 0 Å². The summed E-state index contributed by atoms with van der Waals surface area (Å²) in [5.74, 6) is 0. The van der Waals surface area contributed by atoms with Crippen LogP contribution in [-0.4, -0.2) is 38.0 Å². The molecule has 1 aliphatic heterocycles. The molecule has 3 atom stereocenters. The minimum absolute atomic E-state index is 0.350. The maximum atomic E-state index is 5.86. The van der Waals surface area contributed by atoms with Crippen LogP contribution in [0.4, 0.5) is 0 Å². The van der Waals surface area contributed by atoms with E-state index in [1.165, 1.54) is 32.1 Å². The van der Waals surface area contributed by atoms with E-state index < -0.39 is 0 Å². The Morgan fingerprint density at radius 3 is 2.72 bits per heavy atom. The molecule has 1 heterocycles. The van der Waals surface area contributed by atoms with E-state index in [1.807, 2.05) is 0 Å². The van der Waals surface area contributed by atoms with Gasteiger partial charge in [0, 0.05) is 19.3 Å². The van der Waals surface area contributed by atoms with Gasteiger partial charge in [-0.05, 0) is 52.0 Å². The Morgan fingerprint density at radius 1 is 1.33 bits per heavy atom. The van der Waals surface area contributed by atoms with Crippen LogP contribution in [0.1, 0.15) is 59.3 Å². The topological polar surface area (TPSA) is 30.5 Å². The number of nitrogens with one attached hydrogen (secondary N) is 1. The number of ether oxygens (including phenoxy) is 2. The normalized spacial score (nSPS) is 23.2. The zero-order valence-corrected chi connectivity index (χ0v) is 12.4. The average Bonchev–Trinajstić information content (AvgIpc) is 2.90. The van der Waals surface area contributed by atoms with Crippen molar-refractivity contribution < 1.29 is 9.47 Å². The van der Waals surface area contributed by atoms with Crippen LogP contribution < -0.4 is 5.32 Å². The van der Waals surface area contributed by atoms with Gasteiger partial charge in [-0.2, -0.15) is 0 Å². The average molecular weight is 257 g/mol. The predicted molar refractivity (Wildman–Crippen MR) is 76.0 cm³/mol. The lowest BCUT2D eigenvalue weighted by Gasteiger charge is -2.28. The first-order valence-electron chi connectivity index (χ1n) is 7.78. The SMILES string of the molecule is CCCNC(CCC1CCCO1)C(CC)OCC. The van der Waals surface area contributed by atoms with Crippen LogP contribution in [0, 0.1) is 0 Å². The molecule has 1 N–H and O–H groups in total. The summed E-state index contributed by atoms with van der Waals surface area (Å²) in [6, 6.07) is 0.485. The molecular formula is C15H31NO2. The summed E-state index contributed by atoms with van der Waals surface area (Å²) in [6.07, 6.45) is 7.93. The van der Waals surface area contributed by atoms with E-state index >= 15 is 0 Å². The Morgan fingerprint density at radius 2 is 2.17 bits per heavy atom. The first-order valence-corrected chi connectivity index (χ1v) is 7.78. The number of rotatable bonds is 10. The van der Waals surface area contributed by atoms with Crippen molar-refractivity contribution in [2.75, 3.05) is 19.8 Å². The van der Waals surface area contributed by atoms with Crippen molar-refractivity contribution in [1.82, 2.24) is 5.32 Å². The molecule has 0 aromatic heterocycles. The van der Waals surface area contributed by atoms with Crippen LogP contribution in [0.2, 0.25) is 0 Å². The summed E-state index contributed by atoms with van der Waals surface area (Å²) in [6.45, 7) is 9.36. The van der Waals surface area contributed by atoms with Crippen LogP contribution in [-0.2, 0) is 9.47 Å². The number of hydrogen-bond donors (Lipinski definition) is 1. The van der Waals surface area contributed by atoms with Gasteiger partial charge in [0.2, 0.25) is 0 Å². The third-order valence-corrected chi connectivity index (χ3v) is 3.71. The molecule has 18 heavy (non-hydrogen) atoms. The Balaban J connectivity index is 2.36. The van der Waals surface area contributed by atoms with E-state index in [-0.39, 0.29) is 0 Å². The predicted octanol–water partition coefficient (Wildman–Crippen LogP) is 3.13. The Kier molecular flexibility index (Phi) is 8.64. The highest BCUT2D eigenvalue weighted by Gasteiger charge is 2.22. The highest BCUT2D eigenvalue weighted by atomic mass is 16.5. The zero-order valence-electron chi connectivity index (χ0n) is 12.4. The Labute approximate surface area is 113 Å². The summed E-state index contributed by atoms with van der Waals surface area (Å²) < 4.78 is 11.6. The van der Waals surface area contributed by atoms with Gasteiger partial charge in [0.15, 0.2) is 0 Å². The molecule has 0 bridgehead atoms. The summed E-state index contributed by atoms with van der Waals surface area (Å²) in [5, 5.41) is 3.65. The second-order valence-corrected chi connectivity index (χ2v) is 5.18. The highest BCUT2D eigenvalue weighted by molar-refractivity contribution is 4.78. The van der Waals surface area contributed by atoms with Crippen molar-refractivity contribution in [3.05, 3.63) is 0 Å². The molecule has 1 saturated heterocycles. The van der Waals surface area contributed by atoms with Gasteiger partial charge in [0.25, 0.3) is 0 Å². The van der Waals surface area contributed by atoms with Crippen molar-refractivity contribution in [1.29, 1.82) is 0 Å². The fourth-order valence-electron chi connectivity index (χ4n) is 2.72. The van der Waals surface area contributed by atoms with E-state index in [9.17, 15) is 0 Å². The Hall–Kier alpha value is -0.120. The fourth-order valence-corrected chi connectivity index (χ4v) is 2.72. The van der Waals surface area contributed by atoms with Gasteiger partial charge in [-0.25, -0.2) is 0 Å². The number of hydrogen-bond acceptors (Lipinski definition) is 3. The van der Waals surface area contributed by atoms with Gasteiger partial charge in [0.05, 0.1) is 12.2 Å². The molecule has 0 aromatic carbocycles. The van der Waals surface area contributed by atoms with Gasteiger partial charge < -0.3 is 14.8 Å². The van der Waals surface area contributed by atoms with Crippen molar-refractivity contribution in [2.24, 2.45) is 0 Å². The van der Waals surface area contributed by atoms with Gasteiger partial charge in [0.1, 0.15) is 0 Å². The van der Waals surface area contributed by atoms with Crippen molar-refractivity contribution in [2.45, 2.75) is 77.5 Å². The smallest absolute Gasteiger partial charge is 0.0725 e. The highest BCUT2D eigenvalue weighted by Crippen LogP contribution is 2.20. The fraction of sp³-hybridized carbons (Fsp3) is 1.00. The third kappa shape index (κ3) is 5.68. The molecule has 0 spiro atoms. The monoisotopic (exact) mass is 257 g/mol. The van der Waals surface area contributed by atoms with Crippen LogP contribution >= 0.6 is 0 Å². The molecule has 0 radical (unpaired) electrons. The molecule has 0 saturated carbocycles. The second kappa shape index (κ2) is 9.76. The van der Waals surface area contributed by atoms with E-state index in [2.05, 4.69) is 26.1 Å². The molecular weight excluding hydrogens is 226 g/mol. The maximum absolute atomic E-state index is 5.86. The molecule has 1 aliphatic rings. The molecule has 1 fully saturated rings. The minimum atomic E-state index is 0.350. The standard InChI is InChI=1S/C15H31NO2/c1-4-11-16-14(15(5-2)17-6-3)10-9-13-8-7-12-18-13/h13-16H,4-12H2,1-3H3. The summed E-state index contributed by atoms with van der Waals surface area (Å²) in [5.41, 5.74) is 0. The van der Waals surface area contributed by atoms with Crippen molar-refractivity contribution in [3.63, 3.8) is 0 Å². The second-order valence-electron chi connectivity index (χ2n) is 5.18. The van der Waals surface area contributed by atoms with E-state index in [0.717, 1.165) is 26.2 Å². The molecule has 108 valence electrons. The lowest BCUT2D eigenvalue weighted by Crippen LogP contribution is -2.42. The molecule has 0 amide bonds. The third-order valence-electron chi connectivity index (χ3n) is 3.71. The van der Waals surface area contributed by atoms with Crippen LogP contribution in [0.25, 0.3) is 0 Å². The molecule has 1 rings (SSSR count). The molecule has 3 nitrogen and oxygen atoms in total. The maximum Gasteiger partial charge on any atom is 0.0725 e. The van der Waals surface area contributed by atoms with Gasteiger partial charge in [-0.1, -0.05) is 13.8 Å². The summed E-state index contributed by atoms with van der Waals surface area (Å²) >= 11 is 0. The van der Waals surface area contributed by atoms with E-state index in [1.54, 1.807) is 0 Å². The first kappa shape index (κ1) is 15.9. The Bertz CT molecular complexity index is 193. The summed E-state index contributed by atoms with van der Waals surface area (Å²) in [4.78, 5) is 0. The largest absolute Gasteiger partial charge is 0.378 e. The van der Waals surface area contributed by atoms with Crippen molar-refractivity contribution >= 4 is 0 Å². The van der Waals surface area contributed by atoms with Gasteiger partial charge in [-0.3, -0.25) is 0 Å². The van der Waals surface area contributed by atoms with Crippen LogP contribution in [0.15, 0.2) is 0 Å². The molecule has 3 unspecified atom stereocenters. The first-order chi connectivity index (χ1) is 8.81. The molecule has 3 heteroatoms. The van der Waals surface area contributed by atoms with E-state index in [4.69, 9.17) is 9.47 Å². The lowest BCUT2D eigenvalue weighted by atomic mass is 9.99. The zero-order chi connectivity index (χ0) is 13.2. The van der Waals surface area contributed by atoms with Crippen LogP contribution in [0.5, 0.6) is 0 Å². The quantitative estimate of drug-likeness (QED) is 0.652. The minimum Gasteiger partial charge on any atom is -0.378 e. The summed E-state index contributed by atoms with van der Waals surface area (Å²) in [7, 11) is 0. The molecule has 0 aliphatic carbocycles. The van der Waals surface area contributed by atoms with E-state index in [0.29, 0.717) is 18.2 Å². The van der Waals surface area contributed by atoms with Gasteiger partial charge in [-0.15, -0.1) is 0 Å².